The predicted molar refractivity (Wildman–Crippen MR) is 71.8 cm³/mol. The molecule has 1 aliphatic carbocycles. The number of rotatable bonds is 4. The lowest BCUT2D eigenvalue weighted by molar-refractivity contribution is -0.152. The molecule has 3 nitrogen and oxygen atoms in total. The van der Waals surface area contributed by atoms with Crippen molar-refractivity contribution in [2.45, 2.75) is 38.6 Å². The van der Waals surface area contributed by atoms with Gasteiger partial charge in [-0.25, -0.2) is 0 Å². The molecule has 1 atom stereocenters. The van der Waals surface area contributed by atoms with Gasteiger partial charge in [-0.15, -0.1) is 0 Å². The van der Waals surface area contributed by atoms with E-state index < -0.39 is 11.5 Å². The van der Waals surface area contributed by atoms with Crippen LogP contribution in [0.15, 0.2) is 24.3 Å². The molecule has 98 valence electrons. The first-order valence-electron chi connectivity index (χ1n) is 6.69. The number of likely N-dealkylation sites (N-methyl/N-ethyl adjacent to an activating group) is 1. The average Bonchev–Trinajstić information content (AvgIpc) is 2.39. The minimum atomic E-state index is -0.710. The molecule has 2 rings (SSSR count). The second-order valence-corrected chi connectivity index (χ2v) is 4.95. The van der Waals surface area contributed by atoms with Crippen LogP contribution < -0.4 is 0 Å². The van der Waals surface area contributed by atoms with Crippen molar-refractivity contribution < 1.29 is 9.90 Å². The first kappa shape index (κ1) is 13.1. The Morgan fingerprint density at radius 1 is 1.28 bits per heavy atom. The highest BCUT2D eigenvalue weighted by atomic mass is 16.4. The van der Waals surface area contributed by atoms with E-state index >= 15 is 0 Å². The van der Waals surface area contributed by atoms with E-state index in [0.717, 1.165) is 19.5 Å². The Bertz CT molecular complexity index is 440. The lowest BCUT2D eigenvalue weighted by atomic mass is 9.76. The van der Waals surface area contributed by atoms with Gasteiger partial charge in [-0.1, -0.05) is 38.1 Å². The van der Waals surface area contributed by atoms with Gasteiger partial charge in [0.25, 0.3) is 0 Å². The van der Waals surface area contributed by atoms with Gasteiger partial charge in [0, 0.05) is 6.42 Å². The molecular weight excluding hydrogens is 226 g/mol. The Kier molecular flexibility index (Phi) is 3.71. The van der Waals surface area contributed by atoms with E-state index in [1.165, 1.54) is 11.1 Å². The van der Waals surface area contributed by atoms with Gasteiger partial charge in [0.15, 0.2) is 0 Å². The third kappa shape index (κ3) is 2.03. The summed E-state index contributed by atoms with van der Waals surface area (Å²) in [5, 5.41) is 9.71. The van der Waals surface area contributed by atoms with Crippen LogP contribution in [0.4, 0.5) is 0 Å². The van der Waals surface area contributed by atoms with Crippen LogP contribution >= 0.6 is 0 Å². The number of hydrogen-bond donors (Lipinski definition) is 1. The van der Waals surface area contributed by atoms with Crippen molar-refractivity contribution in [2.75, 3.05) is 13.1 Å². The molecule has 0 bridgehead atoms. The number of carboxylic acid groups (broad SMARTS) is 1. The molecule has 1 N–H and O–H groups in total. The lowest BCUT2D eigenvalue weighted by Crippen LogP contribution is -2.57. The van der Waals surface area contributed by atoms with E-state index in [9.17, 15) is 9.90 Å². The molecule has 0 saturated carbocycles. The maximum absolute atomic E-state index is 11.8. The molecule has 0 heterocycles. The molecule has 18 heavy (non-hydrogen) atoms. The average molecular weight is 247 g/mol. The highest BCUT2D eigenvalue weighted by molar-refractivity contribution is 5.80. The van der Waals surface area contributed by atoms with E-state index in [4.69, 9.17) is 0 Å². The summed E-state index contributed by atoms with van der Waals surface area (Å²) in [6.07, 6.45) is 2.19. The first-order valence-corrected chi connectivity index (χ1v) is 6.69. The smallest absolute Gasteiger partial charge is 0.324 e. The van der Waals surface area contributed by atoms with Gasteiger partial charge in [0.2, 0.25) is 0 Å². The van der Waals surface area contributed by atoms with Gasteiger partial charge in [-0.05, 0) is 37.1 Å². The summed E-state index contributed by atoms with van der Waals surface area (Å²) in [5.41, 5.74) is 1.79. The van der Waals surface area contributed by atoms with Crippen LogP contribution in [0.25, 0.3) is 0 Å². The molecule has 1 aromatic carbocycles. The Hall–Kier alpha value is -1.35. The summed E-state index contributed by atoms with van der Waals surface area (Å²) in [5.74, 6) is -0.680. The van der Waals surface area contributed by atoms with Gasteiger partial charge < -0.3 is 5.11 Å². The quantitative estimate of drug-likeness (QED) is 0.887. The van der Waals surface area contributed by atoms with E-state index in [0.29, 0.717) is 12.8 Å². The Balaban J connectivity index is 2.38. The lowest BCUT2D eigenvalue weighted by Gasteiger charge is -2.42. The molecule has 0 amide bonds. The van der Waals surface area contributed by atoms with Crippen molar-refractivity contribution in [3.05, 3.63) is 35.4 Å². The number of aliphatic carboxylic acids is 1. The van der Waals surface area contributed by atoms with Gasteiger partial charge in [0.05, 0.1) is 0 Å². The van der Waals surface area contributed by atoms with Crippen LogP contribution in [0.3, 0.4) is 0 Å². The fourth-order valence-corrected chi connectivity index (χ4v) is 3.14. The molecule has 1 aliphatic rings. The fraction of sp³-hybridized carbons (Fsp3) is 0.533. The summed E-state index contributed by atoms with van der Waals surface area (Å²) in [6, 6.07) is 8.21. The number of benzene rings is 1. The first-order chi connectivity index (χ1) is 8.64. The normalized spacial score (nSPS) is 22.8. The van der Waals surface area contributed by atoms with Gasteiger partial charge >= 0.3 is 5.97 Å². The van der Waals surface area contributed by atoms with Gasteiger partial charge in [0.1, 0.15) is 5.54 Å². The van der Waals surface area contributed by atoms with E-state index in [-0.39, 0.29) is 0 Å². The largest absolute Gasteiger partial charge is 0.480 e. The summed E-state index contributed by atoms with van der Waals surface area (Å²) in [7, 11) is 0. The Morgan fingerprint density at radius 2 is 1.89 bits per heavy atom. The molecule has 0 aliphatic heterocycles. The minimum Gasteiger partial charge on any atom is -0.480 e. The number of fused-ring (bicyclic) bond motifs is 1. The van der Waals surface area contributed by atoms with Crippen LogP contribution in [0.1, 0.15) is 31.4 Å². The molecule has 0 aromatic heterocycles. The molecule has 0 fully saturated rings. The molecule has 1 aromatic rings. The SMILES string of the molecule is CCN(CC)C1(C(=O)O)CCc2ccccc2C1. The van der Waals surface area contributed by atoms with Crippen LogP contribution in [-0.4, -0.2) is 34.6 Å². The zero-order valence-corrected chi connectivity index (χ0v) is 11.1. The van der Waals surface area contributed by atoms with Crippen LogP contribution in [0.2, 0.25) is 0 Å². The molecule has 1 unspecified atom stereocenters. The minimum absolute atomic E-state index is 0.625. The zero-order chi connectivity index (χ0) is 13.2. The van der Waals surface area contributed by atoms with Crippen LogP contribution in [0, 0.1) is 0 Å². The van der Waals surface area contributed by atoms with Crippen molar-refractivity contribution in [3.8, 4) is 0 Å². The van der Waals surface area contributed by atoms with E-state index in [1.54, 1.807) is 0 Å². The van der Waals surface area contributed by atoms with E-state index in [1.807, 2.05) is 26.0 Å². The highest BCUT2D eigenvalue weighted by Crippen LogP contribution is 2.33. The fourth-order valence-electron chi connectivity index (χ4n) is 3.14. The summed E-state index contributed by atoms with van der Waals surface area (Å²) < 4.78 is 0. The monoisotopic (exact) mass is 247 g/mol. The second-order valence-electron chi connectivity index (χ2n) is 4.95. The Labute approximate surface area is 108 Å². The molecule has 0 radical (unpaired) electrons. The topological polar surface area (TPSA) is 40.5 Å². The van der Waals surface area contributed by atoms with Crippen molar-refractivity contribution >= 4 is 5.97 Å². The van der Waals surface area contributed by atoms with Gasteiger partial charge in [-0.3, -0.25) is 9.69 Å². The summed E-state index contributed by atoms with van der Waals surface area (Å²) in [4.78, 5) is 13.9. The number of aryl methyl sites for hydroxylation is 1. The predicted octanol–water partition coefficient (Wildman–Crippen LogP) is 2.34. The second kappa shape index (κ2) is 5.11. The van der Waals surface area contributed by atoms with Crippen molar-refractivity contribution in [1.29, 1.82) is 0 Å². The molecule has 3 heteroatoms. The number of hydrogen-bond acceptors (Lipinski definition) is 2. The molecular formula is C15H21NO2. The van der Waals surface area contributed by atoms with Crippen LogP contribution in [-0.2, 0) is 17.6 Å². The summed E-state index contributed by atoms with van der Waals surface area (Å²) >= 11 is 0. The highest BCUT2D eigenvalue weighted by Gasteiger charge is 2.45. The third-order valence-corrected chi connectivity index (χ3v) is 4.18. The number of carboxylic acids is 1. The standard InChI is InChI=1S/C15H21NO2/c1-3-16(4-2)15(14(17)18)10-9-12-7-5-6-8-13(12)11-15/h5-8H,3-4,9-11H2,1-2H3,(H,17,18). The van der Waals surface area contributed by atoms with Crippen molar-refractivity contribution in [1.82, 2.24) is 4.90 Å². The zero-order valence-electron chi connectivity index (χ0n) is 11.1. The van der Waals surface area contributed by atoms with Gasteiger partial charge in [-0.2, -0.15) is 0 Å². The third-order valence-electron chi connectivity index (χ3n) is 4.18. The molecule has 0 saturated heterocycles. The van der Waals surface area contributed by atoms with Crippen molar-refractivity contribution in [3.63, 3.8) is 0 Å². The number of carbonyl (C=O) groups is 1. The van der Waals surface area contributed by atoms with E-state index in [2.05, 4.69) is 17.0 Å². The molecule has 0 spiro atoms. The Morgan fingerprint density at radius 3 is 2.44 bits per heavy atom. The maximum atomic E-state index is 11.8. The van der Waals surface area contributed by atoms with Crippen LogP contribution in [0.5, 0.6) is 0 Å². The van der Waals surface area contributed by atoms with Crippen molar-refractivity contribution in [2.24, 2.45) is 0 Å². The summed E-state index contributed by atoms with van der Waals surface area (Å²) in [6.45, 7) is 5.64. The number of nitrogens with zero attached hydrogens (tertiary/aromatic N) is 1. The maximum Gasteiger partial charge on any atom is 0.324 e.